The van der Waals surface area contributed by atoms with Crippen LogP contribution in [0.3, 0.4) is 0 Å². The van der Waals surface area contributed by atoms with Crippen LogP contribution in [0.15, 0.2) is 123 Å². The molecule has 3 aromatic rings. The van der Waals surface area contributed by atoms with Crippen molar-refractivity contribution < 1.29 is 18.0 Å². The van der Waals surface area contributed by atoms with Gasteiger partial charge >= 0.3 is 331 Å². The molecule has 3 unspecified atom stereocenters. The van der Waals surface area contributed by atoms with Gasteiger partial charge in [0, 0.05) is 0 Å². The van der Waals surface area contributed by atoms with Crippen LogP contribution >= 0.6 is 24.8 Å². The van der Waals surface area contributed by atoms with Crippen molar-refractivity contribution in [2.45, 2.75) is 124 Å². The molecule has 0 aliphatic heterocycles. The van der Waals surface area contributed by atoms with Crippen LogP contribution in [-0.2, 0) is 24.4 Å². The molecule has 298 valence electrons. The molecule has 0 heterocycles. The number of fused-ring (bicyclic) bond motifs is 6. The van der Waals surface area contributed by atoms with Crippen molar-refractivity contribution in [1.29, 1.82) is 0 Å². The number of hydrogen-bond donors (Lipinski definition) is 0. The van der Waals surface area contributed by atoms with Gasteiger partial charge in [-0.1, -0.05) is 0 Å². The van der Waals surface area contributed by atoms with E-state index in [0.29, 0.717) is 17.8 Å². The first-order valence-corrected chi connectivity index (χ1v) is 30.9. The van der Waals surface area contributed by atoms with Crippen molar-refractivity contribution >= 4 is 41.3 Å². The van der Waals surface area contributed by atoms with Gasteiger partial charge in [0.1, 0.15) is 0 Å². The molecule has 0 nitrogen and oxygen atoms in total. The molecule has 0 amide bonds. The van der Waals surface area contributed by atoms with Gasteiger partial charge in [-0.2, -0.15) is 0 Å². The summed E-state index contributed by atoms with van der Waals surface area (Å²) in [6.45, 7) is 30.9. The van der Waals surface area contributed by atoms with Crippen molar-refractivity contribution in [1.82, 2.24) is 0 Å². The Morgan fingerprint density at radius 3 is 1.75 bits per heavy atom. The summed E-state index contributed by atoms with van der Waals surface area (Å²) in [7, 11) is 0. The third-order valence-electron chi connectivity index (χ3n) is 18.2. The Hall–Kier alpha value is -2.32. The molecule has 0 saturated heterocycles. The van der Waals surface area contributed by atoms with E-state index in [1.807, 2.05) is 0 Å². The fraction of sp³-hybridized carbons (Fsp3) is 0.453. The fourth-order valence-electron chi connectivity index (χ4n) is 13.7. The maximum absolute atomic E-state index is 6.21. The minimum atomic E-state index is -5.41. The van der Waals surface area contributed by atoms with Crippen molar-refractivity contribution in [3.05, 3.63) is 145 Å². The molecule has 3 heteroatoms. The first kappa shape index (κ1) is 43.3. The van der Waals surface area contributed by atoms with E-state index in [0.717, 1.165) is 19.3 Å². The molecule has 0 radical (unpaired) electrons. The molecule has 3 atom stereocenters. The predicted molar refractivity (Wildman–Crippen MR) is 248 cm³/mol. The minimum absolute atomic E-state index is 0. The maximum atomic E-state index is 6.21. The van der Waals surface area contributed by atoms with E-state index in [1.54, 1.807) is 25.6 Å². The molecule has 0 bridgehead atoms. The summed E-state index contributed by atoms with van der Waals surface area (Å²) >= 11 is -5.41. The van der Waals surface area contributed by atoms with Crippen molar-refractivity contribution in [2.75, 3.05) is 0 Å². The molecule has 56 heavy (non-hydrogen) atoms. The average Bonchev–Trinajstić information content (AvgIpc) is 3.83. The van der Waals surface area contributed by atoms with Gasteiger partial charge in [0.05, 0.1) is 0 Å². The normalized spacial score (nSPS) is 26.9. The second-order valence-electron chi connectivity index (χ2n) is 20.6. The first-order valence-electron chi connectivity index (χ1n) is 21.2. The molecular weight excluding hydrogens is 886 g/mol. The Labute approximate surface area is 353 Å². The summed E-state index contributed by atoms with van der Waals surface area (Å²) in [5, 5.41) is 0. The Morgan fingerprint density at radius 1 is 0.679 bits per heavy atom. The van der Waals surface area contributed by atoms with Crippen molar-refractivity contribution in [3.63, 3.8) is 0 Å². The number of allylic oxidation sites excluding steroid dienone is 10. The average molecular weight is 955 g/mol. The third kappa shape index (κ3) is 4.89. The molecule has 8 rings (SSSR count). The van der Waals surface area contributed by atoms with E-state index in [1.165, 1.54) is 35.3 Å². The van der Waals surface area contributed by atoms with Gasteiger partial charge in [-0.15, -0.1) is 24.8 Å². The fourth-order valence-corrected chi connectivity index (χ4v) is 43.7. The summed E-state index contributed by atoms with van der Waals surface area (Å²) in [6, 6.07) is 29.6. The Kier molecular flexibility index (Phi) is 10.7. The molecule has 0 N–H and O–H groups in total. The van der Waals surface area contributed by atoms with Crippen LogP contribution in [0.25, 0.3) is 5.57 Å². The zero-order valence-corrected chi connectivity index (χ0v) is 41.6. The van der Waals surface area contributed by atoms with Gasteiger partial charge in [-0.05, 0) is 0 Å². The molecule has 5 aliphatic rings. The molecule has 3 aromatic carbocycles. The van der Waals surface area contributed by atoms with Gasteiger partial charge in [-0.3, -0.25) is 0 Å². The van der Waals surface area contributed by atoms with Crippen LogP contribution in [0.4, 0.5) is 0 Å². The van der Waals surface area contributed by atoms with Gasteiger partial charge < -0.3 is 0 Å². The van der Waals surface area contributed by atoms with Crippen LogP contribution in [0.5, 0.6) is 0 Å². The zero-order chi connectivity index (χ0) is 38.9. The van der Waals surface area contributed by atoms with E-state index >= 15 is 0 Å². The van der Waals surface area contributed by atoms with E-state index < -0.39 is 18.0 Å². The topological polar surface area (TPSA) is 0 Å². The van der Waals surface area contributed by atoms with Crippen LogP contribution in [-0.4, -0.2) is 4.26 Å². The zero-order valence-electron chi connectivity index (χ0n) is 36.4. The van der Waals surface area contributed by atoms with Crippen LogP contribution < -0.4 is 6.64 Å². The molecule has 1 fully saturated rings. The Balaban J connectivity index is 0.00000266. The second kappa shape index (κ2) is 13.9. The van der Waals surface area contributed by atoms with Gasteiger partial charge in [0.15, 0.2) is 0 Å². The van der Waals surface area contributed by atoms with E-state index in [2.05, 4.69) is 186 Å². The van der Waals surface area contributed by atoms with Crippen molar-refractivity contribution in [2.24, 2.45) is 27.6 Å². The monoisotopic (exact) mass is 954 g/mol. The SMILES string of the molecule is Cl.Cl.[CH2]=[Hf]([C]1=CC=CC1)([c]1ccc(C(C)C)cc1)([c]1ccc(C(C)C)cc1)[C]1(C)C2=C3Cc4ccccc4C3=C3C=CCCC3C2(C)C(C)(C)C(C)(C)C1(C)C. The summed E-state index contributed by atoms with van der Waals surface area (Å²) in [4.78, 5) is 0. The van der Waals surface area contributed by atoms with Gasteiger partial charge in [-0.25, -0.2) is 0 Å². The van der Waals surface area contributed by atoms with E-state index in [9.17, 15) is 0 Å². The third-order valence-corrected chi connectivity index (χ3v) is 47.3. The van der Waals surface area contributed by atoms with Gasteiger partial charge in [0.2, 0.25) is 0 Å². The van der Waals surface area contributed by atoms with Crippen molar-refractivity contribution in [3.8, 4) is 0 Å². The van der Waals surface area contributed by atoms with Crippen LogP contribution in [0, 0.1) is 27.6 Å². The number of rotatable bonds is 6. The summed E-state index contributed by atoms with van der Waals surface area (Å²) < 4.78 is 10.6. The summed E-state index contributed by atoms with van der Waals surface area (Å²) in [5.74, 6) is 1.38. The quantitative estimate of drug-likeness (QED) is 0.216. The summed E-state index contributed by atoms with van der Waals surface area (Å²) in [6.07, 6.45) is 16.7. The standard InChI is InChI=1S/C29H37.2C9H11.C5H5.CH2.2ClH.Hf/c1-18-25-22-17-19-13-9-10-14-20(19)24(22)21-15-11-12-16-23(21)29(25,8)28(6,7)27(4,5)26(18,2)3;2*1-8(2)9-6-4-3-5-7-9;1-2-4-5-3-1;;;;/h9-11,13-15,23H,12,16-17H2,1-8H3;2*4-8H,1-2H3;1-3H,4H2;1H2;2*1H;. The molecule has 0 aromatic heterocycles. The molecule has 5 aliphatic carbocycles. The van der Waals surface area contributed by atoms with Crippen LogP contribution in [0.1, 0.15) is 136 Å². The molecule has 1 saturated carbocycles. The predicted octanol–water partition coefficient (Wildman–Crippen LogP) is 14.3. The van der Waals surface area contributed by atoms with E-state index in [4.69, 9.17) is 4.26 Å². The Morgan fingerprint density at radius 2 is 1.23 bits per heavy atom. The first-order chi connectivity index (χ1) is 25.3. The summed E-state index contributed by atoms with van der Waals surface area (Å²) in [5.41, 5.74) is 12.0. The van der Waals surface area contributed by atoms with E-state index in [-0.39, 0.29) is 49.6 Å². The molecular formula is C53H68Cl2Hf. The number of hydrogen-bond acceptors (Lipinski definition) is 0. The Bertz CT molecular complexity index is 2230. The van der Waals surface area contributed by atoms with Crippen LogP contribution in [0.2, 0.25) is 3.17 Å². The number of halogens is 2. The number of benzene rings is 3. The molecule has 0 spiro atoms. The van der Waals surface area contributed by atoms with Gasteiger partial charge in [0.25, 0.3) is 0 Å². The second-order valence-corrected chi connectivity index (χ2v) is 41.1.